The highest BCUT2D eigenvalue weighted by Gasteiger charge is 2.19. The number of ether oxygens (including phenoxy) is 2. The van der Waals surface area contributed by atoms with Gasteiger partial charge in [0.15, 0.2) is 5.78 Å². The van der Waals surface area contributed by atoms with Gasteiger partial charge in [0.05, 0.1) is 23.3 Å². The molecule has 0 N–H and O–H groups in total. The van der Waals surface area contributed by atoms with Gasteiger partial charge in [-0.1, -0.05) is 23.7 Å². The quantitative estimate of drug-likeness (QED) is 0.788. The van der Waals surface area contributed by atoms with Crippen LogP contribution in [0.1, 0.15) is 16.8 Å². The monoisotopic (exact) mass is 266 g/mol. The van der Waals surface area contributed by atoms with Gasteiger partial charge in [-0.05, 0) is 12.1 Å². The van der Waals surface area contributed by atoms with Crippen molar-refractivity contribution >= 4 is 23.4 Å². The lowest BCUT2D eigenvalue weighted by Crippen LogP contribution is -2.25. The molecule has 1 aromatic rings. The van der Waals surface area contributed by atoms with Crippen LogP contribution in [0.5, 0.6) is 0 Å². The van der Waals surface area contributed by atoms with Gasteiger partial charge >= 0.3 is 5.97 Å². The smallest absolute Gasteiger partial charge is 0.339 e. The van der Waals surface area contributed by atoms with E-state index in [1.807, 2.05) is 0 Å². The van der Waals surface area contributed by atoms with Gasteiger partial charge < -0.3 is 9.47 Å². The maximum atomic E-state index is 11.7. The van der Waals surface area contributed by atoms with E-state index in [2.05, 4.69) is 0 Å². The number of carbonyl (C=O) groups is 2. The molecule has 0 fully saturated rings. The fourth-order valence-corrected chi connectivity index (χ4v) is 1.75. The second-order valence-electron chi connectivity index (χ2n) is 3.81. The standard InChI is InChI=1S/C13H11ClO4/c14-12-4-2-1-3-11(12)13(16)18-8-10-7-9(15)5-6-17-10/h1-6,10H,7-8H2. The van der Waals surface area contributed by atoms with E-state index in [9.17, 15) is 9.59 Å². The van der Waals surface area contributed by atoms with Gasteiger partial charge in [-0.3, -0.25) is 4.79 Å². The van der Waals surface area contributed by atoms with Crippen LogP contribution in [0.25, 0.3) is 0 Å². The molecule has 1 aliphatic heterocycles. The van der Waals surface area contributed by atoms with E-state index in [-0.39, 0.29) is 18.8 Å². The number of rotatable bonds is 3. The van der Waals surface area contributed by atoms with Gasteiger partial charge in [-0.2, -0.15) is 0 Å². The zero-order valence-electron chi connectivity index (χ0n) is 9.47. The van der Waals surface area contributed by atoms with Crippen LogP contribution in [0.15, 0.2) is 36.6 Å². The van der Waals surface area contributed by atoms with Gasteiger partial charge in [0.2, 0.25) is 0 Å². The van der Waals surface area contributed by atoms with Crippen molar-refractivity contribution in [1.82, 2.24) is 0 Å². The molecule has 0 spiro atoms. The number of esters is 1. The number of hydrogen-bond donors (Lipinski definition) is 0. The lowest BCUT2D eigenvalue weighted by atomic mass is 10.1. The first-order valence-electron chi connectivity index (χ1n) is 5.43. The molecule has 0 aliphatic carbocycles. The number of carbonyl (C=O) groups excluding carboxylic acids is 2. The summed E-state index contributed by atoms with van der Waals surface area (Å²) < 4.78 is 10.2. The number of halogens is 1. The molecule has 94 valence electrons. The van der Waals surface area contributed by atoms with Crippen molar-refractivity contribution in [3.05, 3.63) is 47.2 Å². The van der Waals surface area contributed by atoms with Crippen LogP contribution in [0.3, 0.4) is 0 Å². The minimum absolute atomic E-state index is 0.0279. The molecule has 1 aromatic carbocycles. The molecule has 0 saturated heterocycles. The number of ketones is 1. The van der Waals surface area contributed by atoms with Crippen molar-refractivity contribution in [3.63, 3.8) is 0 Å². The van der Waals surface area contributed by atoms with Gasteiger partial charge in [0, 0.05) is 6.08 Å². The summed E-state index contributed by atoms with van der Waals surface area (Å²) in [6.45, 7) is 0.0279. The molecule has 0 radical (unpaired) electrons. The van der Waals surface area contributed by atoms with E-state index in [0.29, 0.717) is 10.6 Å². The van der Waals surface area contributed by atoms with Gasteiger partial charge in [0.25, 0.3) is 0 Å². The number of benzene rings is 1. The molecule has 1 heterocycles. The van der Waals surface area contributed by atoms with Crippen LogP contribution in [0, 0.1) is 0 Å². The van der Waals surface area contributed by atoms with Crippen molar-refractivity contribution in [2.75, 3.05) is 6.61 Å². The molecule has 4 nitrogen and oxygen atoms in total. The highest BCUT2D eigenvalue weighted by molar-refractivity contribution is 6.33. The highest BCUT2D eigenvalue weighted by atomic mass is 35.5. The molecule has 1 unspecified atom stereocenters. The van der Waals surface area contributed by atoms with Crippen molar-refractivity contribution in [2.45, 2.75) is 12.5 Å². The average Bonchev–Trinajstić information content (AvgIpc) is 2.37. The fourth-order valence-electron chi connectivity index (χ4n) is 1.54. The van der Waals surface area contributed by atoms with Crippen molar-refractivity contribution in [2.24, 2.45) is 0 Å². The number of hydrogen-bond acceptors (Lipinski definition) is 4. The lowest BCUT2D eigenvalue weighted by molar-refractivity contribution is -0.118. The molecule has 1 atom stereocenters. The Morgan fingerprint density at radius 3 is 2.94 bits per heavy atom. The summed E-state index contributed by atoms with van der Waals surface area (Å²) in [4.78, 5) is 22.8. The summed E-state index contributed by atoms with van der Waals surface area (Å²) in [5, 5.41) is 0.336. The molecule has 0 amide bonds. The zero-order valence-corrected chi connectivity index (χ0v) is 10.2. The first-order chi connectivity index (χ1) is 8.66. The Kier molecular flexibility index (Phi) is 3.99. The third kappa shape index (κ3) is 3.11. The molecular weight excluding hydrogens is 256 g/mol. The van der Waals surface area contributed by atoms with Crippen molar-refractivity contribution < 1.29 is 19.1 Å². The SMILES string of the molecule is O=C1C=COC(COC(=O)c2ccccc2Cl)C1. The van der Waals surface area contributed by atoms with E-state index >= 15 is 0 Å². The molecule has 0 aromatic heterocycles. The maximum Gasteiger partial charge on any atom is 0.339 e. The largest absolute Gasteiger partial charge is 0.494 e. The molecular formula is C13H11ClO4. The summed E-state index contributed by atoms with van der Waals surface area (Å²) in [6.07, 6.45) is 2.47. The fraction of sp³-hybridized carbons (Fsp3) is 0.231. The third-order valence-electron chi connectivity index (χ3n) is 2.45. The topological polar surface area (TPSA) is 52.6 Å². The predicted octanol–water partition coefficient (Wildman–Crippen LogP) is 2.37. The molecule has 2 rings (SSSR count). The molecule has 5 heteroatoms. The van der Waals surface area contributed by atoms with E-state index < -0.39 is 12.1 Å². The van der Waals surface area contributed by atoms with E-state index in [1.54, 1.807) is 24.3 Å². The first kappa shape index (κ1) is 12.6. The maximum absolute atomic E-state index is 11.7. The minimum Gasteiger partial charge on any atom is -0.494 e. The Morgan fingerprint density at radius 1 is 1.44 bits per heavy atom. The van der Waals surface area contributed by atoms with Crippen molar-refractivity contribution in [3.8, 4) is 0 Å². The normalized spacial score (nSPS) is 18.3. The van der Waals surface area contributed by atoms with E-state index in [4.69, 9.17) is 21.1 Å². The number of allylic oxidation sites excluding steroid dienone is 1. The molecule has 0 bridgehead atoms. The van der Waals surface area contributed by atoms with E-state index in [0.717, 1.165) is 0 Å². The third-order valence-corrected chi connectivity index (χ3v) is 2.78. The Labute approximate surface area is 109 Å². The van der Waals surface area contributed by atoms with Gasteiger partial charge in [-0.15, -0.1) is 0 Å². The zero-order chi connectivity index (χ0) is 13.0. The van der Waals surface area contributed by atoms with Crippen LogP contribution < -0.4 is 0 Å². The van der Waals surface area contributed by atoms with Crippen LogP contribution in [0.2, 0.25) is 5.02 Å². The summed E-state index contributed by atoms with van der Waals surface area (Å²) in [6, 6.07) is 6.62. The Morgan fingerprint density at radius 2 is 2.22 bits per heavy atom. The predicted molar refractivity (Wildman–Crippen MR) is 65.4 cm³/mol. The van der Waals surface area contributed by atoms with Crippen LogP contribution in [-0.2, 0) is 14.3 Å². The van der Waals surface area contributed by atoms with E-state index in [1.165, 1.54) is 12.3 Å². The molecule has 1 aliphatic rings. The lowest BCUT2D eigenvalue weighted by Gasteiger charge is -2.18. The summed E-state index contributed by atoms with van der Waals surface area (Å²) in [5.74, 6) is -0.564. The summed E-state index contributed by atoms with van der Waals surface area (Å²) in [5.41, 5.74) is 0.303. The van der Waals surface area contributed by atoms with Crippen molar-refractivity contribution in [1.29, 1.82) is 0 Å². The molecule has 0 saturated carbocycles. The Hall–Kier alpha value is -1.81. The van der Waals surface area contributed by atoms with Crippen LogP contribution in [-0.4, -0.2) is 24.5 Å². The average molecular weight is 267 g/mol. The molecule has 18 heavy (non-hydrogen) atoms. The Balaban J connectivity index is 1.91. The minimum atomic E-state index is -0.522. The Bertz CT molecular complexity index is 496. The second-order valence-corrected chi connectivity index (χ2v) is 4.22. The summed E-state index contributed by atoms with van der Waals surface area (Å²) >= 11 is 5.87. The second kappa shape index (κ2) is 5.69. The van der Waals surface area contributed by atoms with Crippen LogP contribution >= 0.6 is 11.6 Å². The van der Waals surface area contributed by atoms with Gasteiger partial charge in [0.1, 0.15) is 12.7 Å². The van der Waals surface area contributed by atoms with Gasteiger partial charge in [-0.25, -0.2) is 4.79 Å². The first-order valence-corrected chi connectivity index (χ1v) is 5.81. The van der Waals surface area contributed by atoms with Crippen LogP contribution in [0.4, 0.5) is 0 Å². The summed E-state index contributed by atoms with van der Waals surface area (Å²) in [7, 11) is 0. The highest BCUT2D eigenvalue weighted by Crippen LogP contribution is 2.16.